The predicted octanol–water partition coefficient (Wildman–Crippen LogP) is 8.52. The lowest BCUT2D eigenvalue weighted by molar-refractivity contribution is -0.135. The Kier molecular flexibility index (Phi) is 15.1. The van der Waals surface area contributed by atoms with Gasteiger partial charge >= 0.3 is 0 Å². The second-order valence-corrected chi connectivity index (χ2v) is 19.0. The number of carbonyl (C=O) groups excluding carboxylic acids is 2. The van der Waals surface area contributed by atoms with Crippen molar-refractivity contribution in [2.45, 2.75) is 124 Å². The smallest absolute Gasteiger partial charge is 0.227 e. The molecule has 3 unspecified atom stereocenters. The van der Waals surface area contributed by atoms with Gasteiger partial charge in [-0.1, -0.05) is 87.9 Å². The van der Waals surface area contributed by atoms with E-state index in [1.165, 1.54) is 11.8 Å². The number of imidazole rings is 1. The van der Waals surface area contributed by atoms with E-state index in [1.54, 1.807) is 6.92 Å². The summed E-state index contributed by atoms with van der Waals surface area (Å²) in [5, 5.41) is 27.7. The summed E-state index contributed by atoms with van der Waals surface area (Å²) in [7, 11) is 0. The quantitative estimate of drug-likeness (QED) is 0.0508. The number of amides is 2. The third-order valence-corrected chi connectivity index (χ3v) is 13.6. The Morgan fingerprint density at radius 3 is 2.34 bits per heavy atom. The molecule has 2 amide bonds. The van der Waals surface area contributed by atoms with Crippen molar-refractivity contribution in [1.29, 1.82) is 5.26 Å². The number of rotatable bonds is 20. The van der Waals surface area contributed by atoms with E-state index >= 15 is 0 Å². The van der Waals surface area contributed by atoms with Gasteiger partial charge in [0.05, 0.1) is 38.2 Å². The first-order valence-electron chi connectivity index (χ1n) is 19.9. The summed E-state index contributed by atoms with van der Waals surface area (Å²) in [6.07, 6.45) is 4.68. The molecule has 0 saturated heterocycles. The first-order valence-corrected chi connectivity index (χ1v) is 21.1. The highest BCUT2D eigenvalue weighted by Crippen LogP contribution is 2.55. The van der Waals surface area contributed by atoms with Crippen LogP contribution in [-0.2, 0) is 22.6 Å². The molecule has 0 fully saturated rings. The van der Waals surface area contributed by atoms with E-state index in [0.29, 0.717) is 29.4 Å². The van der Waals surface area contributed by atoms with Gasteiger partial charge in [-0.15, -0.1) is 11.8 Å². The maximum absolute atomic E-state index is 14.1. The number of fused-ring (bicyclic) bond motifs is 3. The minimum Gasteiger partial charge on any atom is -0.392 e. The van der Waals surface area contributed by atoms with Gasteiger partial charge in [-0.05, 0) is 83.8 Å². The molecular formula is C44H61N7O3S2. The molecule has 0 aliphatic carbocycles. The van der Waals surface area contributed by atoms with Gasteiger partial charge in [-0.2, -0.15) is 5.26 Å². The molecule has 302 valence electrons. The van der Waals surface area contributed by atoms with Crippen LogP contribution in [0.5, 0.6) is 0 Å². The molecule has 4 rings (SSSR count). The highest BCUT2D eigenvalue weighted by molar-refractivity contribution is 8.24. The standard InChI is InChI=1S/C44H61N7O3S2/c1-9-10-22-34-50-36-37(32-20-14-15-21-33(32)49-38(36)46)51(34)26-17-16-25-47-35(53)23-24-43(7,29-45)41(3,4)28-44(8,40(54)48-27-30(2)52)42(5,6)56-39(55)31-18-12-11-13-19-31/h11-15,18-21,30,52H,9-10,16-17,22-28H2,1-8H3,(H2,46,49)(H,47,53)(H,48,54). The number of nitrogens with one attached hydrogen (secondary N) is 2. The average Bonchev–Trinajstić information content (AvgIpc) is 3.53. The third kappa shape index (κ3) is 10.3. The second kappa shape index (κ2) is 18.9. The Morgan fingerprint density at radius 2 is 1.68 bits per heavy atom. The van der Waals surface area contributed by atoms with Crippen molar-refractivity contribution in [2.75, 3.05) is 18.8 Å². The van der Waals surface area contributed by atoms with Gasteiger partial charge in [0.1, 0.15) is 11.3 Å². The van der Waals surface area contributed by atoms with E-state index in [2.05, 4.69) is 39.2 Å². The number of thioether (sulfide) groups is 1. The lowest BCUT2D eigenvalue weighted by Crippen LogP contribution is -2.55. The number of thiocarbonyl (C=S) groups is 1. The number of aliphatic hydroxyl groups is 1. The van der Waals surface area contributed by atoms with Crippen LogP contribution in [0, 0.1) is 27.6 Å². The lowest BCUT2D eigenvalue weighted by atomic mass is 9.56. The molecule has 12 heteroatoms. The minimum atomic E-state index is -1.01. The molecule has 10 nitrogen and oxygen atoms in total. The van der Waals surface area contributed by atoms with Crippen LogP contribution in [0.4, 0.5) is 5.82 Å². The summed E-state index contributed by atoms with van der Waals surface area (Å²) in [6.45, 7) is 17.0. The molecule has 2 heterocycles. The number of hydrogen-bond donors (Lipinski definition) is 4. The fourth-order valence-corrected chi connectivity index (χ4v) is 9.22. The van der Waals surface area contributed by atoms with Crippen molar-refractivity contribution in [3.05, 3.63) is 66.0 Å². The molecule has 2 aromatic carbocycles. The lowest BCUT2D eigenvalue weighted by Gasteiger charge is -2.50. The molecule has 0 aliphatic heterocycles. The molecule has 3 atom stereocenters. The number of hydrogen-bond acceptors (Lipinski definition) is 9. The van der Waals surface area contributed by atoms with Gasteiger partial charge in [0.2, 0.25) is 11.8 Å². The Labute approximate surface area is 342 Å². The Balaban J connectivity index is 1.41. The SMILES string of the molecule is CCCCc1nc2c(N)nc3ccccc3c2n1CCCCNC(=O)CCC(C)(C#N)C(C)(C)CC(C)(C(=O)NCC(C)O)C(C)(C)SC(=S)c1ccccc1. The maximum atomic E-state index is 14.1. The highest BCUT2D eigenvalue weighted by Gasteiger charge is 2.54. The number of para-hydroxylation sites is 1. The zero-order valence-electron chi connectivity index (χ0n) is 34.5. The molecule has 0 saturated carbocycles. The number of aliphatic hydroxyl groups excluding tert-OH is 1. The maximum Gasteiger partial charge on any atom is 0.227 e. The van der Waals surface area contributed by atoms with Crippen LogP contribution in [0.25, 0.3) is 21.9 Å². The topological polar surface area (TPSA) is 159 Å². The molecule has 0 aliphatic rings. The zero-order valence-corrected chi connectivity index (χ0v) is 36.1. The number of anilines is 1. The summed E-state index contributed by atoms with van der Waals surface area (Å²) in [5.41, 5.74) is 7.23. The van der Waals surface area contributed by atoms with Crippen molar-refractivity contribution >= 4 is 67.7 Å². The van der Waals surface area contributed by atoms with Crippen molar-refractivity contribution in [3.63, 3.8) is 0 Å². The minimum absolute atomic E-state index is 0.106. The molecular weight excluding hydrogens is 739 g/mol. The molecule has 4 aromatic rings. The van der Waals surface area contributed by atoms with Gasteiger partial charge in [0, 0.05) is 42.6 Å². The second-order valence-electron chi connectivity index (χ2n) is 16.7. The fourth-order valence-electron chi connectivity index (χ4n) is 7.35. The van der Waals surface area contributed by atoms with E-state index in [1.807, 2.05) is 90.1 Å². The monoisotopic (exact) mass is 799 g/mol. The van der Waals surface area contributed by atoms with Crippen LogP contribution in [-0.4, -0.2) is 59.6 Å². The Morgan fingerprint density at radius 1 is 1.00 bits per heavy atom. The molecule has 56 heavy (non-hydrogen) atoms. The number of carbonyl (C=O) groups is 2. The number of pyridine rings is 1. The number of nitrogens with zero attached hydrogens (tertiary/aromatic N) is 4. The van der Waals surface area contributed by atoms with Gasteiger partial charge in [0.25, 0.3) is 0 Å². The van der Waals surface area contributed by atoms with E-state index in [-0.39, 0.29) is 24.8 Å². The van der Waals surface area contributed by atoms with E-state index in [4.69, 9.17) is 22.9 Å². The number of aryl methyl sites for hydroxylation is 2. The predicted molar refractivity (Wildman–Crippen MR) is 234 cm³/mol. The van der Waals surface area contributed by atoms with Crippen LogP contribution >= 0.6 is 24.0 Å². The number of nitrogens with two attached hydrogens (primary N) is 1. The van der Waals surface area contributed by atoms with E-state index in [0.717, 1.165) is 72.0 Å². The van der Waals surface area contributed by atoms with Crippen LogP contribution in [0.15, 0.2) is 54.6 Å². The van der Waals surface area contributed by atoms with Crippen molar-refractivity contribution < 1.29 is 14.7 Å². The number of nitriles is 1. The number of unbranched alkanes of at least 4 members (excludes halogenated alkanes) is 2. The first kappa shape index (κ1) is 44.7. The third-order valence-electron chi connectivity index (χ3n) is 11.7. The molecule has 5 N–H and O–H groups in total. The van der Waals surface area contributed by atoms with Crippen molar-refractivity contribution in [2.24, 2.45) is 16.2 Å². The van der Waals surface area contributed by atoms with Crippen molar-refractivity contribution in [3.8, 4) is 6.07 Å². The summed E-state index contributed by atoms with van der Waals surface area (Å²) in [4.78, 5) is 36.9. The number of aromatic nitrogens is 3. The molecule has 0 bridgehead atoms. The largest absolute Gasteiger partial charge is 0.392 e. The van der Waals surface area contributed by atoms with Gasteiger partial charge in [-0.25, -0.2) is 9.97 Å². The first-order chi connectivity index (χ1) is 26.4. The number of nitrogen functional groups attached to an aromatic ring is 1. The summed E-state index contributed by atoms with van der Waals surface area (Å²) in [6, 6.07) is 20.3. The van der Waals surface area contributed by atoms with Gasteiger partial charge in [-0.3, -0.25) is 9.59 Å². The zero-order chi connectivity index (χ0) is 41.3. The normalized spacial score (nSPS) is 14.8. The van der Waals surface area contributed by atoms with Crippen LogP contribution in [0.3, 0.4) is 0 Å². The van der Waals surface area contributed by atoms with Gasteiger partial charge < -0.3 is 26.0 Å². The Hall–Kier alpha value is -4.05. The highest BCUT2D eigenvalue weighted by atomic mass is 32.2. The van der Waals surface area contributed by atoms with Crippen LogP contribution < -0.4 is 16.4 Å². The van der Waals surface area contributed by atoms with E-state index in [9.17, 15) is 20.0 Å². The average molecular weight is 800 g/mol. The molecule has 0 radical (unpaired) electrons. The van der Waals surface area contributed by atoms with E-state index < -0.39 is 27.1 Å². The molecule has 0 spiro atoms. The summed E-state index contributed by atoms with van der Waals surface area (Å²) >= 11 is 7.32. The fraction of sp³-hybridized carbons (Fsp3) is 0.545. The van der Waals surface area contributed by atoms with Crippen molar-refractivity contribution in [1.82, 2.24) is 25.2 Å². The van der Waals surface area contributed by atoms with Crippen LogP contribution in [0.2, 0.25) is 0 Å². The molecule has 2 aromatic heterocycles. The van der Waals surface area contributed by atoms with Gasteiger partial charge in [0.15, 0.2) is 5.82 Å². The van der Waals surface area contributed by atoms with Crippen LogP contribution in [0.1, 0.15) is 112 Å². The summed E-state index contributed by atoms with van der Waals surface area (Å²) < 4.78 is 2.25. The summed E-state index contributed by atoms with van der Waals surface area (Å²) in [5.74, 6) is 1.12. The number of benzene rings is 2. The Bertz CT molecular complexity index is 2040.